The van der Waals surface area contributed by atoms with Crippen molar-refractivity contribution in [3.8, 4) is 0 Å². The second-order valence-electron chi connectivity index (χ2n) is 13.7. The number of hydrogen-bond donors (Lipinski definition) is 0. The molecule has 9 nitrogen and oxygen atoms in total. The van der Waals surface area contributed by atoms with E-state index in [1.165, 1.54) is 13.8 Å². The highest BCUT2D eigenvalue weighted by Gasteiger charge is 2.67. The molecule has 2 saturated carbocycles. The summed E-state index contributed by atoms with van der Waals surface area (Å²) in [5, 5.41) is 0. The van der Waals surface area contributed by atoms with Crippen molar-refractivity contribution in [2.45, 2.75) is 78.3 Å². The van der Waals surface area contributed by atoms with Gasteiger partial charge in [0.15, 0.2) is 5.60 Å². The van der Waals surface area contributed by atoms with Crippen LogP contribution in [0.25, 0.3) is 0 Å². The Morgan fingerprint density at radius 1 is 0.809 bits per heavy atom. The third-order valence-corrected chi connectivity index (χ3v) is 9.98. The van der Waals surface area contributed by atoms with Crippen LogP contribution >= 0.6 is 0 Å². The molecule has 2 aromatic carbocycles. The summed E-state index contributed by atoms with van der Waals surface area (Å²) in [7, 11) is 0. The molecule has 2 aromatic rings. The van der Waals surface area contributed by atoms with Crippen LogP contribution in [-0.4, -0.2) is 53.6 Å². The quantitative estimate of drug-likeness (QED) is 0.210. The van der Waals surface area contributed by atoms with Crippen molar-refractivity contribution in [2.75, 3.05) is 0 Å². The fourth-order valence-corrected chi connectivity index (χ4v) is 7.79. The summed E-state index contributed by atoms with van der Waals surface area (Å²) < 4.78 is 24.3. The molecule has 0 saturated heterocycles. The Hall–Kier alpha value is -4.53. The zero-order valence-electron chi connectivity index (χ0n) is 27.7. The molecule has 5 rings (SSSR count). The van der Waals surface area contributed by atoms with Crippen LogP contribution in [0.5, 0.6) is 0 Å². The highest BCUT2D eigenvalue weighted by atomic mass is 16.6. The highest BCUT2D eigenvalue weighted by Crippen LogP contribution is 2.63. The second-order valence-corrected chi connectivity index (χ2v) is 13.7. The van der Waals surface area contributed by atoms with E-state index in [4.69, 9.17) is 18.9 Å². The monoisotopic (exact) mass is 642 g/mol. The molecule has 2 fully saturated rings. The third-order valence-electron chi connectivity index (χ3n) is 9.98. The molecule has 3 aliphatic rings. The van der Waals surface area contributed by atoms with Crippen molar-refractivity contribution < 1.29 is 42.9 Å². The van der Waals surface area contributed by atoms with E-state index in [0.29, 0.717) is 22.3 Å². The van der Waals surface area contributed by atoms with Crippen LogP contribution in [0.15, 0.2) is 84.5 Å². The zero-order chi connectivity index (χ0) is 34.3. The minimum atomic E-state index is -1.84. The van der Waals surface area contributed by atoms with Gasteiger partial charge in [0, 0.05) is 32.6 Å². The molecule has 2 unspecified atom stereocenters. The zero-order valence-corrected chi connectivity index (χ0v) is 27.7. The van der Waals surface area contributed by atoms with Crippen LogP contribution in [0.4, 0.5) is 0 Å². The average molecular weight is 643 g/mol. The first-order chi connectivity index (χ1) is 22.2. The number of ketones is 1. The lowest BCUT2D eigenvalue weighted by atomic mass is 9.76. The van der Waals surface area contributed by atoms with E-state index in [1.807, 2.05) is 19.9 Å². The highest BCUT2D eigenvalue weighted by molar-refractivity contribution is 6.03. The van der Waals surface area contributed by atoms with Crippen molar-refractivity contribution in [1.82, 2.24) is 0 Å². The first-order valence-corrected chi connectivity index (χ1v) is 16.0. The van der Waals surface area contributed by atoms with Gasteiger partial charge in [-0.15, -0.1) is 0 Å². The van der Waals surface area contributed by atoms with Gasteiger partial charge in [0.1, 0.15) is 18.3 Å². The first kappa shape index (κ1) is 33.8. The van der Waals surface area contributed by atoms with E-state index in [-0.39, 0.29) is 30.1 Å². The fourth-order valence-electron chi connectivity index (χ4n) is 7.79. The smallest absolute Gasteiger partial charge is 0.338 e. The number of allylic oxidation sites excluding steroid dienone is 1. The Kier molecular flexibility index (Phi) is 9.31. The molecule has 0 aromatic heterocycles. The number of hydrogen-bond acceptors (Lipinski definition) is 9. The van der Waals surface area contributed by atoms with Crippen molar-refractivity contribution in [3.63, 3.8) is 0 Å². The fraction of sp³-hybridized carbons (Fsp3) is 0.447. The molecule has 0 heterocycles. The van der Waals surface area contributed by atoms with Gasteiger partial charge >= 0.3 is 23.9 Å². The normalized spacial score (nSPS) is 32.3. The predicted octanol–water partition coefficient (Wildman–Crippen LogP) is 6.07. The van der Waals surface area contributed by atoms with Crippen molar-refractivity contribution in [3.05, 3.63) is 95.6 Å². The second kappa shape index (κ2) is 12.9. The van der Waals surface area contributed by atoms with Gasteiger partial charge in [-0.05, 0) is 59.6 Å². The van der Waals surface area contributed by atoms with E-state index in [9.17, 15) is 24.0 Å². The molecular weight excluding hydrogens is 600 g/mol. The Morgan fingerprint density at radius 3 is 1.89 bits per heavy atom. The standard InChI is InChI=1S/C38H42O9/c1-21-19-29(45-35(42)26-14-10-8-11-15-26)30-28(37(30,6)7)18-22(2)34(41)38(47-25(5)40)20-23(3)33(31(38)32(21)44-24(4)39)46-36(43)27-16-12-9-13-17-27/h8-18,23,28-33H,1,19-20H2,2-7H3/b22-18+/t23-,28+,29?,30+,31-,32?,33-,38+/m0/s1. The van der Waals surface area contributed by atoms with E-state index in [1.54, 1.807) is 74.5 Å². The van der Waals surface area contributed by atoms with E-state index < -0.39 is 65.4 Å². The molecule has 47 heavy (non-hydrogen) atoms. The summed E-state index contributed by atoms with van der Waals surface area (Å²) in [5.74, 6) is -4.98. The van der Waals surface area contributed by atoms with Gasteiger partial charge in [0.05, 0.1) is 17.0 Å². The summed E-state index contributed by atoms with van der Waals surface area (Å²) in [6, 6.07) is 17.0. The maximum atomic E-state index is 14.7. The molecule has 0 radical (unpaired) electrons. The number of benzene rings is 2. The lowest BCUT2D eigenvalue weighted by Gasteiger charge is -2.40. The summed E-state index contributed by atoms with van der Waals surface area (Å²) in [4.78, 5) is 67.0. The van der Waals surface area contributed by atoms with Gasteiger partial charge in [-0.3, -0.25) is 14.4 Å². The summed E-state index contributed by atoms with van der Waals surface area (Å²) >= 11 is 0. The van der Waals surface area contributed by atoms with Crippen LogP contribution in [0.1, 0.15) is 75.1 Å². The SMILES string of the molecule is C=C1CC(OC(=O)c2ccccc2)[C@H]2[C@@H](/C=C(\C)C(=O)[C@@]3(OC(C)=O)C[C@H](C)[C@H](OC(=O)c4ccccc4)[C@@H]3C1OC(C)=O)C2(C)C. The molecular formula is C38H42O9. The molecule has 9 heteroatoms. The van der Waals surface area contributed by atoms with Gasteiger partial charge in [0.2, 0.25) is 5.78 Å². The molecule has 0 aliphatic heterocycles. The van der Waals surface area contributed by atoms with Crippen LogP contribution in [0.2, 0.25) is 0 Å². The van der Waals surface area contributed by atoms with Gasteiger partial charge in [-0.25, -0.2) is 9.59 Å². The number of carbonyl (C=O) groups excluding carboxylic acids is 5. The van der Waals surface area contributed by atoms with Crippen LogP contribution in [-0.2, 0) is 33.3 Å². The molecule has 3 aliphatic carbocycles. The van der Waals surface area contributed by atoms with Crippen molar-refractivity contribution in [1.29, 1.82) is 0 Å². The summed E-state index contributed by atoms with van der Waals surface area (Å²) in [6.45, 7) is 14.3. The van der Waals surface area contributed by atoms with Crippen molar-refractivity contribution in [2.24, 2.45) is 29.1 Å². The Labute approximate surface area is 275 Å². The number of ether oxygens (including phenoxy) is 4. The maximum Gasteiger partial charge on any atom is 0.338 e. The third kappa shape index (κ3) is 6.53. The predicted molar refractivity (Wildman–Crippen MR) is 172 cm³/mol. The molecule has 0 bridgehead atoms. The molecule has 0 amide bonds. The molecule has 0 spiro atoms. The van der Waals surface area contributed by atoms with Crippen LogP contribution in [0.3, 0.4) is 0 Å². The van der Waals surface area contributed by atoms with Gasteiger partial charge in [-0.2, -0.15) is 0 Å². The van der Waals surface area contributed by atoms with E-state index in [2.05, 4.69) is 6.58 Å². The largest absolute Gasteiger partial charge is 0.458 e. The lowest BCUT2D eigenvalue weighted by molar-refractivity contribution is -0.179. The summed E-state index contributed by atoms with van der Waals surface area (Å²) in [6.07, 6.45) is -0.985. The molecule has 0 N–H and O–H groups in total. The number of esters is 4. The molecule has 248 valence electrons. The summed E-state index contributed by atoms with van der Waals surface area (Å²) in [5.41, 5.74) is -0.831. The number of carbonyl (C=O) groups is 5. The van der Waals surface area contributed by atoms with E-state index in [0.717, 1.165) is 0 Å². The number of rotatable bonds is 6. The first-order valence-electron chi connectivity index (χ1n) is 16.0. The molecule has 8 atom stereocenters. The average Bonchev–Trinajstić information content (AvgIpc) is 3.45. The van der Waals surface area contributed by atoms with Gasteiger partial charge in [-0.1, -0.05) is 69.8 Å². The maximum absolute atomic E-state index is 14.7. The Balaban J connectivity index is 1.64. The van der Waals surface area contributed by atoms with Crippen molar-refractivity contribution >= 4 is 29.7 Å². The topological polar surface area (TPSA) is 122 Å². The van der Waals surface area contributed by atoms with Crippen LogP contribution in [0, 0.1) is 29.1 Å². The Bertz CT molecular complexity index is 1610. The number of fused-ring (bicyclic) bond motifs is 2. The number of Topliss-reactive ketones (excluding diaryl/α,β-unsaturated/α-hetero) is 1. The van der Waals surface area contributed by atoms with Gasteiger partial charge < -0.3 is 18.9 Å². The minimum absolute atomic E-state index is 0.0168. The lowest BCUT2D eigenvalue weighted by Crippen LogP contribution is -2.55. The Morgan fingerprint density at radius 2 is 1.36 bits per heavy atom. The van der Waals surface area contributed by atoms with Gasteiger partial charge in [0.25, 0.3) is 0 Å². The van der Waals surface area contributed by atoms with Crippen LogP contribution < -0.4 is 0 Å². The minimum Gasteiger partial charge on any atom is -0.458 e. The van der Waals surface area contributed by atoms with E-state index >= 15 is 0 Å².